The minimum absolute atomic E-state index is 0.195. The van der Waals surface area contributed by atoms with Crippen LogP contribution in [0.4, 0.5) is 10.5 Å². The van der Waals surface area contributed by atoms with Crippen LogP contribution >= 0.6 is 0 Å². The highest BCUT2D eigenvalue weighted by molar-refractivity contribution is 6.01. The van der Waals surface area contributed by atoms with Crippen molar-refractivity contribution >= 4 is 22.5 Å². The first kappa shape index (κ1) is 14.1. The van der Waals surface area contributed by atoms with Gasteiger partial charge in [0.2, 0.25) is 0 Å². The molecule has 3 rings (SSSR count). The highest BCUT2D eigenvalue weighted by atomic mass is 16.2. The fourth-order valence-corrected chi connectivity index (χ4v) is 2.48. The molecule has 2 N–H and O–H groups in total. The molecule has 110 valence electrons. The zero-order valence-electron chi connectivity index (χ0n) is 12.5. The molecule has 0 fully saturated rings. The minimum atomic E-state index is -0.195. The Balaban J connectivity index is 1.70. The van der Waals surface area contributed by atoms with Crippen LogP contribution in [-0.4, -0.2) is 6.03 Å². The fraction of sp³-hybridized carbons (Fsp3) is 0.105. The maximum absolute atomic E-state index is 12.1. The molecule has 0 atom stereocenters. The molecular weight excluding hydrogens is 272 g/mol. The van der Waals surface area contributed by atoms with E-state index in [1.165, 1.54) is 5.56 Å². The van der Waals surface area contributed by atoms with Gasteiger partial charge < -0.3 is 10.6 Å². The van der Waals surface area contributed by atoms with E-state index < -0.39 is 0 Å². The summed E-state index contributed by atoms with van der Waals surface area (Å²) < 4.78 is 0. The van der Waals surface area contributed by atoms with Gasteiger partial charge in [-0.2, -0.15) is 0 Å². The first-order chi connectivity index (χ1) is 10.7. The number of carbonyl (C=O) groups is 1. The number of urea groups is 1. The molecule has 0 saturated heterocycles. The summed E-state index contributed by atoms with van der Waals surface area (Å²) in [4.78, 5) is 12.1. The molecule has 22 heavy (non-hydrogen) atoms. The van der Waals surface area contributed by atoms with Gasteiger partial charge in [-0.15, -0.1) is 0 Å². The van der Waals surface area contributed by atoms with Crippen LogP contribution in [0, 0.1) is 6.92 Å². The monoisotopic (exact) mass is 290 g/mol. The molecule has 3 nitrogen and oxygen atoms in total. The third kappa shape index (κ3) is 3.09. The van der Waals surface area contributed by atoms with Crippen LogP contribution in [-0.2, 0) is 6.54 Å². The Bertz CT molecular complexity index is 806. The van der Waals surface area contributed by atoms with Crippen molar-refractivity contribution in [2.45, 2.75) is 13.5 Å². The molecule has 2 amide bonds. The van der Waals surface area contributed by atoms with Gasteiger partial charge in [-0.05, 0) is 29.5 Å². The van der Waals surface area contributed by atoms with E-state index in [0.29, 0.717) is 6.54 Å². The quantitative estimate of drug-likeness (QED) is 0.734. The van der Waals surface area contributed by atoms with Crippen molar-refractivity contribution in [2.24, 2.45) is 0 Å². The normalized spacial score (nSPS) is 10.4. The first-order valence-corrected chi connectivity index (χ1v) is 7.31. The predicted molar refractivity (Wildman–Crippen MR) is 91.0 cm³/mol. The summed E-state index contributed by atoms with van der Waals surface area (Å²) in [5.41, 5.74) is 3.11. The van der Waals surface area contributed by atoms with E-state index >= 15 is 0 Å². The first-order valence-electron chi connectivity index (χ1n) is 7.31. The molecule has 0 aliphatic heterocycles. The van der Waals surface area contributed by atoms with Crippen LogP contribution < -0.4 is 10.6 Å². The summed E-state index contributed by atoms with van der Waals surface area (Å²) >= 11 is 0. The topological polar surface area (TPSA) is 41.1 Å². The second kappa shape index (κ2) is 6.31. The largest absolute Gasteiger partial charge is 0.334 e. The van der Waals surface area contributed by atoms with Crippen LogP contribution in [0.5, 0.6) is 0 Å². The minimum Gasteiger partial charge on any atom is -0.334 e. The highest BCUT2D eigenvalue weighted by Gasteiger charge is 2.05. The van der Waals surface area contributed by atoms with Crippen molar-refractivity contribution in [3.8, 4) is 0 Å². The number of aryl methyl sites for hydroxylation is 1. The van der Waals surface area contributed by atoms with Crippen LogP contribution in [0.15, 0.2) is 66.7 Å². The number of nitrogens with one attached hydrogen (secondary N) is 2. The van der Waals surface area contributed by atoms with Crippen LogP contribution in [0.1, 0.15) is 11.1 Å². The summed E-state index contributed by atoms with van der Waals surface area (Å²) in [5.74, 6) is 0. The summed E-state index contributed by atoms with van der Waals surface area (Å²) in [6.45, 7) is 2.56. The summed E-state index contributed by atoms with van der Waals surface area (Å²) in [7, 11) is 0. The average molecular weight is 290 g/mol. The molecule has 0 heterocycles. The van der Waals surface area contributed by atoms with Crippen molar-refractivity contribution in [3.05, 3.63) is 77.9 Å². The van der Waals surface area contributed by atoms with Gasteiger partial charge in [0.05, 0.1) is 5.69 Å². The third-order valence-corrected chi connectivity index (χ3v) is 3.74. The maximum atomic E-state index is 12.1. The number of anilines is 1. The van der Waals surface area contributed by atoms with Crippen molar-refractivity contribution in [2.75, 3.05) is 5.32 Å². The molecule has 0 aliphatic rings. The lowest BCUT2D eigenvalue weighted by atomic mass is 10.1. The van der Waals surface area contributed by atoms with Crippen molar-refractivity contribution in [3.63, 3.8) is 0 Å². The summed E-state index contributed by atoms with van der Waals surface area (Å²) in [6.07, 6.45) is 0. The summed E-state index contributed by atoms with van der Waals surface area (Å²) in [6, 6.07) is 21.7. The predicted octanol–water partition coefficient (Wildman–Crippen LogP) is 4.47. The van der Waals surface area contributed by atoms with Crippen molar-refractivity contribution in [1.82, 2.24) is 5.32 Å². The highest BCUT2D eigenvalue weighted by Crippen LogP contribution is 2.22. The van der Waals surface area contributed by atoms with Gasteiger partial charge in [0.1, 0.15) is 0 Å². The van der Waals surface area contributed by atoms with Gasteiger partial charge in [0.25, 0.3) is 0 Å². The van der Waals surface area contributed by atoms with Gasteiger partial charge in [0.15, 0.2) is 0 Å². The average Bonchev–Trinajstić information content (AvgIpc) is 2.54. The Morgan fingerprint density at radius 1 is 0.909 bits per heavy atom. The number of carbonyl (C=O) groups excluding carboxylic acids is 1. The van der Waals surface area contributed by atoms with Crippen LogP contribution in [0.2, 0.25) is 0 Å². The van der Waals surface area contributed by atoms with Gasteiger partial charge in [-0.1, -0.05) is 60.7 Å². The Morgan fingerprint density at radius 3 is 2.50 bits per heavy atom. The lowest BCUT2D eigenvalue weighted by Gasteiger charge is -2.11. The molecule has 0 spiro atoms. The standard InChI is InChI=1S/C19H18N2O/c1-14-7-2-3-9-16(14)13-20-19(22)21-18-12-6-10-15-8-4-5-11-17(15)18/h2-12H,13H2,1H3,(H2,20,21,22). The Hall–Kier alpha value is -2.81. The van der Waals surface area contributed by atoms with Gasteiger partial charge in [-0.25, -0.2) is 4.79 Å². The van der Waals surface area contributed by atoms with Gasteiger partial charge in [0, 0.05) is 11.9 Å². The van der Waals surface area contributed by atoms with Crippen molar-refractivity contribution in [1.29, 1.82) is 0 Å². The van der Waals surface area contributed by atoms with Gasteiger partial charge >= 0.3 is 6.03 Å². The molecule has 0 aromatic heterocycles. The van der Waals surface area contributed by atoms with E-state index in [-0.39, 0.29) is 6.03 Å². The van der Waals surface area contributed by atoms with Crippen LogP contribution in [0.3, 0.4) is 0 Å². The van der Waals surface area contributed by atoms with E-state index in [2.05, 4.69) is 10.6 Å². The van der Waals surface area contributed by atoms with E-state index in [1.54, 1.807) is 0 Å². The fourth-order valence-electron chi connectivity index (χ4n) is 2.48. The molecular formula is C19H18N2O. The molecule has 3 heteroatoms. The van der Waals surface area contributed by atoms with Gasteiger partial charge in [-0.3, -0.25) is 0 Å². The third-order valence-electron chi connectivity index (χ3n) is 3.74. The van der Waals surface area contributed by atoms with E-state index in [9.17, 15) is 4.79 Å². The maximum Gasteiger partial charge on any atom is 0.319 e. The number of fused-ring (bicyclic) bond motifs is 1. The second-order valence-electron chi connectivity index (χ2n) is 5.26. The smallest absolute Gasteiger partial charge is 0.319 e. The molecule has 0 bridgehead atoms. The number of hydrogen-bond acceptors (Lipinski definition) is 1. The second-order valence-corrected chi connectivity index (χ2v) is 5.26. The van der Waals surface area contributed by atoms with E-state index in [0.717, 1.165) is 22.0 Å². The zero-order chi connectivity index (χ0) is 15.4. The molecule has 3 aromatic rings. The molecule has 0 aliphatic carbocycles. The van der Waals surface area contributed by atoms with Crippen molar-refractivity contribution < 1.29 is 4.79 Å². The number of amides is 2. The van der Waals surface area contributed by atoms with Crippen LogP contribution in [0.25, 0.3) is 10.8 Å². The number of rotatable bonds is 3. The lowest BCUT2D eigenvalue weighted by Crippen LogP contribution is -2.28. The number of hydrogen-bond donors (Lipinski definition) is 2. The van der Waals surface area contributed by atoms with E-state index in [1.807, 2.05) is 73.7 Å². The Kier molecular flexibility index (Phi) is 4.05. The summed E-state index contributed by atoms with van der Waals surface area (Å²) in [5, 5.41) is 7.98. The Labute approximate surface area is 130 Å². The Morgan fingerprint density at radius 2 is 1.64 bits per heavy atom. The zero-order valence-corrected chi connectivity index (χ0v) is 12.5. The molecule has 0 radical (unpaired) electrons. The number of benzene rings is 3. The molecule has 3 aromatic carbocycles. The molecule has 0 saturated carbocycles. The SMILES string of the molecule is Cc1ccccc1CNC(=O)Nc1cccc2ccccc12. The lowest BCUT2D eigenvalue weighted by molar-refractivity contribution is 0.252. The van der Waals surface area contributed by atoms with E-state index in [4.69, 9.17) is 0 Å². The molecule has 0 unspecified atom stereocenters.